The van der Waals surface area contributed by atoms with Crippen molar-refractivity contribution >= 4 is 55.0 Å². The molecule has 0 amide bonds. The fourth-order valence-corrected chi connectivity index (χ4v) is 9.61. The van der Waals surface area contributed by atoms with E-state index in [1.54, 1.807) is 0 Å². The summed E-state index contributed by atoms with van der Waals surface area (Å²) >= 11 is 0. The van der Waals surface area contributed by atoms with Crippen LogP contribution in [0.1, 0.15) is 16.7 Å². The van der Waals surface area contributed by atoms with Gasteiger partial charge in [-0.25, -0.2) is 9.69 Å². The van der Waals surface area contributed by atoms with Crippen LogP contribution in [0.4, 0.5) is 11.4 Å². The van der Waals surface area contributed by atoms with E-state index in [-0.39, 0.29) is 0 Å². The zero-order chi connectivity index (χ0) is 44.2. The average molecular weight is 827 g/mol. The van der Waals surface area contributed by atoms with Gasteiger partial charge in [-0.15, -0.1) is 0 Å². The number of nitriles is 2. The van der Waals surface area contributed by atoms with Crippen LogP contribution in [-0.4, -0.2) is 9.13 Å². The van der Waals surface area contributed by atoms with E-state index in [0.29, 0.717) is 22.5 Å². The third-order valence-corrected chi connectivity index (χ3v) is 12.6. The number of hydrogen-bond donors (Lipinski definition) is 0. The molecule has 6 nitrogen and oxygen atoms in total. The monoisotopic (exact) mass is 826 g/mol. The summed E-state index contributed by atoms with van der Waals surface area (Å²) < 4.78 is 4.56. The van der Waals surface area contributed by atoms with Gasteiger partial charge in [0.2, 0.25) is 0 Å². The maximum absolute atomic E-state index is 9.96. The van der Waals surface area contributed by atoms with E-state index in [1.807, 2.05) is 91.9 Å². The summed E-state index contributed by atoms with van der Waals surface area (Å²) in [5.41, 5.74) is 16.5. The van der Waals surface area contributed by atoms with Gasteiger partial charge in [-0.3, -0.25) is 0 Å². The number of benzene rings is 9. The van der Waals surface area contributed by atoms with Gasteiger partial charge < -0.3 is 9.13 Å². The molecule has 0 N–H and O–H groups in total. The number of nitrogens with zero attached hydrogens (tertiary/aromatic N) is 6. The molecule has 0 aliphatic carbocycles. The Bertz CT molecular complexity index is 3970. The molecule has 0 bridgehead atoms. The molecule has 0 radical (unpaired) electrons. The lowest BCUT2D eigenvalue weighted by atomic mass is 9.93. The fourth-order valence-electron chi connectivity index (χ4n) is 9.61. The number of fused-ring (bicyclic) bond motifs is 6. The van der Waals surface area contributed by atoms with E-state index in [9.17, 15) is 10.5 Å². The van der Waals surface area contributed by atoms with Crippen LogP contribution in [0.15, 0.2) is 188 Å². The molecule has 0 aliphatic heterocycles. The first-order valence-corrected chi connectivity index (χ1v) is 21.2. The van der Waals surface area contributed by atoms with Gasteiger partial charge >= 0.3 is 0 Å². The van der Waals surface area contributed by atoms with Crippen LogP contribution in [0.2, 0.25) is 0 Å². The first kappa shape index (κ1) is 38.5. The van der Waals surface area contributed by atoms with Crippen LogP contribution in [-0.2, 0) is 0 Å². The summed E-state index contributed by atoms with van der Waals surface area (Å²) in [6, 6.07) is 67.9. The van der Waals surface area contributed by atoms with Crippen molar-refractivity contribution in [2.24, 2.45) is 0 Å². The van der Waals surface area contributed by atoms with Crippen LogP contribution in [0.25, 0.3) is 109 Å². The normalized spacial score (nSPS) is 11.1. The maximum Gasteiger partial charge on any atom is 0.195 e. The van der Waals surface area contributed by atoms with Gasteiger partial charge in [0.15, 0.2) is 11.4 Å². The lowest BCUT2D eigenvalue weighted by Crippen LogP contribution is -2.00. The van der Waals surface area contributed by atoms with Gasteiger partial charge in [0.1, 0.15) is 0 Å². The molecule has 11 rings (SSSR count). The van der Waals surface area contributed by atoms with Gasteiger partial charge in [0, 0.05) is 27.2 Å². The first-order valence-electron chi connectivity index (χ1n) is 21.2. The Balaban J connectivity index is 1.18. The Morgan fingerprint density at radius 3 is 1.68 bits per heavy atom. The molecule has 0 saturated heterocycles. The van der Waals surface area contributed by atoms with E-state index in [2.05, 4.69) is 134 Å². The van der Waals surface area contributed by atoms with E-state index < -0.39 is 0 Å². The Morgan fingerprint density at radius 2 is 0.985 bits per heavy atom. The highest BCUT2D eigenvalue weighted by Crippen LogP contribution is 2.45. The number of aryl methyl sites for hydroxylation is 1. The van der Waals surface area contributed by atoms with E-state index in [4.69, 9.17) is 13.1 Å². The summed E-state index contributed by atoms with van der Waals surface area (Å²) in [5.74, 6) is 0. The molecule has 0 aliphatic rings. The van der Waals surface area contributed by atoms with Crippen LogP contribution in [0, 0.1) is 42.7 Å². The lowest BCUT2D eigenvalue weighted by Gasteiger charge is -2.19. The molecule has 0 fully saturated rings. The molecular formula is C59H34N6. The molecule has 2 aromatic heterocycles. The second-order valence-electron chi connectivity index (χ2n) is 16.1. The average Bonchev–Trinajstić information content (AvgIpc) is 3.88. The Hall–Kier alpha value is -9.46. The van der Waals surface area contributed by atoms with Crippen molar-refractivity contribution < 1.29 is 0 Å². The largest absolute Gasteiger partial charge is 0.309 e. The van der Waals surface area contributed by atoms with Crippen molar-refractivity contribution in [2.75, 3.05) is 0 Å². The predicted molar refractivity (Wildman–Crippen MR) is 264 cm³/mol. The molecule has 300 valence electrons. The van der Waals surface area contributed by atoms with Crippen molar-refractivity contribution in [1.82, 2.24) is 9.13 Å². The smallest absolute Gasteiger partial charge is 0.195 e. The molecule has 0 spiro atoms. The van der Waals surface area contributed by atoms with Gasteiger partial charge in [-0.05, 0) is 136 Å². The van der Waals surface area contributed by atoms with Crippen molar-refractivity contribution in [3.05, 3.63) is 228 Å². The lowest BCUT2D eigenvalue weighted by molar-refractivity contribution is 1.17. The molecule has 0 saturated carbocycles. The highest BCUT2D eigenvalue weighted by atomic mass is 15.0. The number of rotatable bonds is 6. The first-order chi connectivity index (χ1) is 32.0. The Labute approximate surface area is 375 Å². The fraction of sp³-hybridized carbons (Fsp3) is 0.0169. The summed E-state index contributed by atoms with van der Waals surface area (Å²) in [6.45, 7) is 18.5. The summed E-state index contributed by atoms with van der Waals surface area (Å²) in [5, 5.41) is 23.9. The summed E-state index contributed by atoms with van der Waals surface area (Å²) in [7, 11) is 0. The minimum Gasteiger partial charge on any atom is -0.309 e. The third kappa shape index (κ3) is 6.22. The minimum atomic E-state index is 0.513. The zero-order valence-corrected chi connectivity index (χ0v) is 35.1. The molecule has 0 atom stereocenters. The molecule has 65 heavy (non-hydrogen) atoms. The SMILES string of the molecule is [C-]#[N+]c1ccccc1-c1ccc2c(c1)c1ccccc1n2-c1ccc(-c2ccc(C#N)cc2C)cc1-c1cc(-n2c3ccccc3c3cc(-c4ccccc4C#N)ccc32)ccc1[N+]#[C-]. The van der Waals surface area contributed by atoms with Crippen LogP contribution < -0.4 is 0 Å². The Kier molecular flexibility index (Phi) is 9.15. The standard InChI is InChI=1S/C59H34N6/c1-37-30-38(35-60)20-25-44(37)39-21-28-59(65-56-19-11-8-16-48(56)51-33-41(23-29-58(51)65)46-14-6-9-17-53(46)62-2)52(31-39)49-34-43(24-26-54(49)63-3)64-55-18-10-7-15-47(55)50-32-40(22-27-57(50)64)45-13-5-4-12-42(45)36-61/h4-34H,1H3. The van der Waals surface area contributed by atoms with Crippen molar-refractivity contribution in [1.29, 1.82) is 10.5 Å². The molecule has 6 heteroatoms. The van der Waals surface area contributed by atoms with Crippen molar-refractivity contribution in [2.45, 2.75) is 6.92 Å². The van der Waals surface area contributed by atoms with Crippen LogP contribution in [0.3, 0.4) is 0 Å². The van der Waals surface area contributed by atoms with E-state index in [1.165, 1.54) is 0 Å². The summed E-state index contributed by atoms with van der Waals surface area (Å²) in [6.07, 6.45) is 0. The number of aromatic nitrogens is 2. The molecule has 11 aromatic rings. The van der Waals surface area contributed by atoms with E-state index in [0.717, 1.165) is 105 Å². The zero-order valence-electron chi connectivity index (χ0n) is 35.1. The van der Waals surface area contributed by atoms with Gasteiger partial charge in [-0.1, -0.05) is 109 Å². The highest BCUT2D eigenvalue weighted by molar-refractivity contribution is 6.12. The quantitative estimate of drug-likeness (QED) is 0.157. The maximum atomic E-state index is 9.96. The molecule has 9 aromatic carbocycles. The molecule has 2 heterocycles. The minimum absolute atomic E-state index is 0.513. The van der Waals surface area contributed by atoms with Crippen LogP contribution >= 0.6 is 0 Å². The number of hydrogen-bond acceptors (Lipinski definition) is 2. The second-order valence-corrected chi connectivity index (χ2v) is 16.1. The van der Waals surface area contributed by atoms with Crippen LogP contribution in [0.5, 0.6) is 0 Å². The van der Waals surface area contributed by atoms with Gasteiger partial charge in [0.25, 0.3) is 0 Å². The highest BCUT2D eigenvalue weighted by Gasteiger charge is 2.22. The van der Waals surface area contributed by atoms with Gasteiger partial charge in [-0.2, -0.15) is 10.5 Å². The second kappa shape index (κ2) is 15.5. The number of para-hydroxylation sites is 3. The summed E-state index contributed by atoms with van der Waals surface area (Å²) in [4.78, 5) is 7.98. The van der Waals surface area contributed by atoms with E-state index >= 15 is 0 Å². The molecule has 0 unspecified atom stereocenters. The Morgan fingerprint density at radius 1 is 0.415 bits per heavy atom. The molecular weight excluding hydrogens is 793 g/mol. The third-order valence-electron chi connectivity index (χ3n) is 12.6. The van der Waals surface area contributed by atoms with Gasteiger partial charge in [0.05, 0.1) is 64.2 Å². The van der Waals surface area contributed by atoms with Crippen molar-refractivity contribution in [3.8, 4) is 68.0 Å². The predicted octanol–water partition coefficient (Wildman–Crippen LogP) is 15.7. The van der Waals surface area contributed by atoms with Crippen molar-refractivity contribution in [3.63, 3.8) is 0 Å². The topological polar surface area (TPSA) is 66.2 Å².